The van der Waals surface area contributed by atoms with Crippen LogP contribution in [0, 0.1) is 0 Å². The summed E-state index contributed by atoms with van der Waals surface area (Å²) in [5.41, 5.74) is 0.675. The Morgan fingerprint density at radius 2 is 1.33 bits per heavy atom. The van der Waals surface area contributed by atoms with Crippen molar-refractivity contribution in [2.75, 3.05) is 6.61 Å². The summed E-state index contributed by atoms with van der Waals surface area (Å²) in [7, 11) is 0. The standard InChI is InChI=1S/C31H45NO11/c1-18(43-32-30(6,7)15-10-16-31(32,8)9)23-11-13-24(14-12-23)41-29-28(40-22(5)36)27(39-21(4)35)26(38-20(3)34)25(42-29)17-37-19(2)33/h11-14,18,25-29H,10,15-17H2,1-9H3/t18?,25-,26-,27+,28-,29-/m1/s1. The largest absolute Gasteiger partial charge is 0.463 e. The Labute approximate surface area is 253 Å². The van der Waals surface area contributed by atoms with Crippen molar-refractivity contribution < 1.29 is 52.4 Å². The molecule has 0 radical (unpaired) electrons. The first-order valence-electron chi connectivity index (χ1n) is 14.5. The van der Waals surface area contributed by atoms with Crippen molar-refractivity contribution >= 4 is 23.9 Å². The van der Waals surface area contributed by atoms with E-state index < -0.39 is 54.6 Å². The monoisotopic (exact) mass is 607 g/mol. The highest BCUT2D eigenvalue weighted by molar-refractivity contribution is 5.68. The van der Waals surface area contributed by atoms with E-state index in [9.17, 15) is 19.2 Å². The number of hydroxylamine groups is 2. The topological polar surface area (TPSA) is 136 Å². The highest BCUT2D eigenvalue weighted by Crippen LogP contribution is 2.40. The molecule has 0 aliphatic carbocycles. The average Bonchev–Trinajstić information content (AvgIpc) is 2.88. The fourth-order valence-electron chi connectivity index (χ4n) is 5.72. The molecule has 0 aromatic heterocycles. The Balaban J connectivity index is 1.85. The zero-order chi connectivity index (χ0) is 32.1. The van der Waals surface area contributed by atoms with Crippen LogP contribution in [0.4, 0.5) is 0 Å². The van der Waals surface area contributed by atoms with Gasteiger partial charge in [-0.05, 0) is 71.6 Å². The molecule has 1 aromatic rings. The van der Waals surface area contributed by atoms with Crippen LogP contribution in [0.1, 0.15) is 93.2 Å². The minimum atomic E-state index is -1.31. The third-order valence-corrected chi connectivity index (χ3v) is 7.49. The van der Waals surface area contributed by atoms with Gasteiger partial charge in [0.15, 0.2) is 12.2 Å². The zero-order valence-electron chi connectivity index (χ0n) is 26.5. The fourth-order valence-corrected chi connectivity index (χ4v) is 5.72. The first-order valence-corrected chi connectivity index (χ1v) is 14.5. The van der Waals surface area contributed by atoms with Crippen LogP contribution >= 0.6 is 0 Å². The van der Waals surface area contributed by atoms with E-state index in [2.05, 4.69) is 32.8 Å². The molecule has 2 fully saturated rings. The molecule has 1 aromatic carbocycles. The molecule has 0 amide bonds. The molecule has 3 rings (SSSR count). The number of carbonyl (C=O) groups is 4. The third kappa shape index (κ3) is 9.14. The van der Waals surface area contributed by atoms with Crippen LogP contribution in [0.3, 0.4) is 0 Å². The zero-order valence-corrected chi connectivity index (χ0v) is 26.5. The highest BCUT2D eigenvalue weighted by Gasteiger charge is 2.53. The number of nitrogens with zero attached hydrogens (tertiary/aromatic N) is 1. The van der Waals surface area contributed by atoms with Gasteiger partial charge < -0.3 is 28.4 Å². The minimum Gasteiger partial charge on any atom is -0.463 e. The van der Waals surface area contributed by atoms with Gasteiger partial charge in [-0.3, -0.25) is 24.0 Å². The SMILES string of the molecule is CC(=O)OC[C@H]1O[C@@H](Oc2ccc(C(C)ON3C(C)(C)CCCC3(C)C)cc2)[C@H](OC(C)=O)[C@@H](OC(C)=O)[C@@H]1OC(C)=O. The second-order valence-electron chi connectivity index (χ2n) is 12.3. The van der Waals surface area contributed by atoms with Gasteiger partial charge in [0.05, 0.1) is 0 Å². The molecule has 12 nitrogen and oxygen atoms in total. The molecule has 2 saturated heterocycles. The Kier molecular flexibility index (Phi) is 11.2. The van der Waals surface area contributed by atoms with E-state index in [1.807, 2.05) is 19.1 Å². The van der Waals surface area contributed by atoms with Crippen LogP contribution in [0.15, 0.2) is 24.3 Å². The predicted molar refractivity (Wildman–Crippen MR) is 152 cm³/mol. The summed E-state index contributed by atoms with van der Waals surface area (Å²) >= 11 is 0. The van der Waals surface area contributed by atoms with E-state index in [0.717, 1.165) is 38.7 Å². The maximum Gasteiger partial charge on any atom is 0.303 e. The molecule has 1 unspecified atom stereocenters. The summed E-state index contributed by atoms with van der Waals surface area (Å²) < 4.78 is 33.6. The average molecular weight is 608 g/mol. The van der Waals surface area contributed by atoms with Crippen molar-refractivity contribution in [3.8, 4) is 5.75 Å². The number of rotatable bonds is 10. The van der Waals surface area contributed by atoms with Crippen LogP contribution in [0.5, 0.6) is 5.75 Å². The number of benzene rings is 1. The molecule has 6 atom stereocenters. The predicted octanol–water partition coefficient (Wildman–Crippen LogP) is 4.18. The van der Waals surface area contributed by atoms with Gasteiger partial charge in [0, 0.05) is 38.8 Å². The normalized spacial score (nSPS) is 27.3. The van der Waals surface area contributed by atoms with Gasteiger partial charge in [-0.1, -0.05) is 12.1 Å². The van der Waals surface area contributed by atoms with Crippen molar-refractivity contribution in [3.63, 3.8) is 0 Å². The Morgan fingerprint density at radius 3 is 1.84 bits per heavy atom. The van der Waals surface area contributed by atoms with Crippen LogP contribution in [-0.2, 0) is 47.7 Å². The quantitative estimate of drug-likeness (QED) is 0.279. The lowest BCUT2D eigenvalue weighted by Crippen LogP contribution is -2.63. The van der Waals surface area contributed by atoms with Gasteiger partial charge in [-0.15, -0.1) is 0 Å². The molecule has 0 saturated carbocycles. The van der Waals surface area contributed by atoms with E-state index in [-0.39, 0.29) is 23.8 Å². The number of carbonyl (C=O) groups excluding carboxylic acids is 4. The smallest absolute Gasteiger partial charge is 0.303 e. The molecule has 0 bridgehead atoms. The van der Waals surface area contributed by atoms with Gasteiger partial charge in [0.1, 0.15) is 24.6 Å². The van der Waals surface area contributed by atoms with Crippen LogP contribution in [0.2, 0.25) is 0 Å². The molecule has 240 valence electrons. The van der Waals surface area contributed by atoms with E-state index >= 15 is 0 Å². The van der Waals surface area contributed by atoms with Crippen molar-refractivity contribution in [1.29, 1.82) is 0 Å². The van der Waals surface area contributed by atoms with Gasteiger partial charge in [-0.25, -0.2) is 0 Å². The van der Waals surface area contributed by atoms with Gasteiger partial charge >= 0.3 is 23.9 Å². The number of ether oxygens (including phenoxy) is 6. The fraction of sp³-hybridized carbons (Fsp3) is 0.677. The second kappa shape index (κ2) is 14.0. The van der Waals surface area contributed by atoms with Crippen molar-refractivity contribution in [3.05, 3.63) is 29.8 Å². The Morgan fingerprint density at radius 1 is 0.814 bits per heavy atom. The van der Waals surface area contributed by atoms with Gasteiger partial charge in [0.2, 0.25) is 12.4 Å². The Bertz CT molecular complexity index is 1130. The summed E-state index contributed by atoms with van der Waals surface area (Å²) in [5.74, 6) is -2.37. The lowest BCUT2D eigenvalue weighted by Gasteiger charge is -2.52. The van der Waals surface area contributed by atoms with Crippen LogP contribution < -0.4 is 4.74 Å². The maximum absolute atomic E-state index is 12.1. The first-order chi connectivity index (χ1) is 20.0. The van der Waals surface area contributed by atoms with E-state index in [1.165, 1.54) is 13.8 Å². The number of piperidine rings is 1. The van der Waals surface area contributed by atoms with Crippen molar-refractivity contribution in [1.82, 2.24) is 5.06 Å². The minimum absolute atomic E-state index is 0.117. The molecule has 2 heterocycles. The Hall–Kier alpha value is -3.22. The lowest BCUT2D eigenvalue weighted by molar-refractivity contribution is -0.304. The molecule has 0 N–H and O–H groups in total. The van der Waals surface area contributed by atoms with Gasteiger partial charge in [0.25, 0.3) is 0 Å². The van der Waals surface area contributed by atoms with E-state index in [0.29, 0.717) is 5.75 Å². The number of hydrogen-bond acceptors (Lipinski definition) is 12. The van der Waals surface area contributed by atoms with Crippen LogP contribution in [-0.4, -0.2) is 77.3 Å². The van der Waals surface area contributed by atoms with E-state index in [4.69, 9.17) is 33.3 Å². The van der Waals surface area contributed by atoms with Crippen molar-refractivity contribution in [2.45, 2.75) is 129 Å². The number of hydrogen-bond donors (Lipinski definition) is 0. The number of esters is 4. The molecule has 2 aliphatic rings. The van der Waals surface area contributed by atoms with Crippen molar-refractivity contribution in [2.24, 2.45) is 0 Å². The summed E-state index contributed by atoms with van der Waals surface area (Å²) in [6.45, 7) is 15.1. The molecule has 43 heavy (non-hydrogen) atoms. The molecule has 0 spiro atoms. The lowest BCUT2D eigenvalue weighted by atomic mass is 9.82. The molecule has 2 aliphatic heterocycles. The maximum atomic E-state index is 12.1. The summed E-state index contributed by atoms with van der Waals surface area (Å²) in [6.07, 6.45) is -3.34. The third-order valence-electron chi connectivity index (χ3n) is 7.49. The van der Waals surface area contributed by atoms with Crippen LogP contribution in [0.25, 0.3) is 0 Å². The summed E-state index contributed by atoms with van der Waals surface area (Å²) in [5, 5.41) is 2.11. The second-order valence-corrected chi connectivity index (χ2v) is 12.3. The van der Waals surface area contributed by atoms with Gasteiger partial charge in [-0.2, -0.15) is 5.06 Å². The first kappa shape index (κ1) is 34.3. The molecule has 12 heteroatoms. The summed E-state index contributed by atoms with van der Waals surface area (Å²) in [4.78, 5) is 54.1. The highest BCUT2D eigenvalue weighted by atomic mass is 16.7. The molecular formula is C31H45NO11. The summed E-state index contributed by atoms with van der Waals surface area (Å²) in [6, 6.07) is 7.15. The van der Waals surface area contributed by atoms with E-state index in [1.54, 1.807) is 12.1 Å². The molecular weight excluding hydrogens is 562 g/mol.